The molecule has 0 unspecified atom stereocenters. The molecular formula is C22H24N2O4. The highest BCUT2D eigenvalue weighted by Gasteiger charge is 2.33. The van der Waals surface area contributed by atoms with E-state index in [4.69, 9.17) is 9.15 Å². The average Bonchev–Trinajstić information content (AvgIpc) is 3.21. The smallest absolute Gasteiger partial charge is 0.306 e. The summed E-state index contributed by atoms with van der Waals surface area (Å²) in [5, 5.41) is 12.1. The minimum absolute atomic E-state index is 0.123. The number of ether oxygens (including phenoxy) is 1. The molecule has 1 aliphatic carbocycles. The molecular weight excluding hydrogens is 356 g/mol. The van der Waals surface area contributed by atoms with Crippen LogP contribution in [0.2, 0.25) is 0 Å². The van der Waals surface area contributed by atoms with Gasteiger partial charge in [0.15, 0.2) is 6.61 Å². The van der Waals surface area contributed by atoms with Gasteiger partial charge in [-0.05, 0) is 25.0 Å². The third-order valence-electron chi connectivity index (χ3n) is 4.96. The topological polar surface area (TPSA) is 92.3 Å². The van der Waals surface area contributed by atoms with Gasteiger partial charge in [0.05, 0.1) is 12.5 Å². The van der Waals surface area contributed by atoms with Crippen molar-refractivity contribution in [2.24, 2.45) is 0 Å². The zero-order valence-electron chi connectivity index (χ0n) is 15.8. The molecule has 3 rings (SSSR count). The number of nitrogens with zero attached hydrogens (tertiary/aromatic N) is 1. The average molecular weight is 380 g/mol. The molecule has 1 saturated carbocycles. The van der Waals surface area contributed by atoms with Gasteiger partial charge in [-0.15, -0.1) is 0 Å². The molecule has 6 nitrogen and oxygen atoms in total. The van der Waals surface area contributed by atoms with E-state index in [1.807, 2.05) is 42.5 Å². The normalized spacial score (nSPS) is 15.4. The molecule has 0 atom stereocenters. The molecule has 1 aliphatic rings. The summed E-state index contributed by atoms with van der Waals surface area (Å²) in [6, 6.07) is 15.6. The Hall–Kier alpha value is -3.07. The van der Waals surface area contributed by atoms with Crippen LogP contribution < -0.4 is 5.32 Å². The summed E-state index contributed by atoms with van der Waals surface area (Å²) in [5.41, 5.74) is 0.158. The lowest BCUT2D eigenvalue weighted by atomic mass is 9.83. The van der Waals surface area contributed by atoms with Gasteiger partial charge >= 0.3 is 5.97 Å². The molecule has 1 aromatic heterocycles. The van der Waals surface area contributed by atoms with E-state index < -0.39 is 17.4 Å². The van der Waals surface area contributed by atoms with Crippen molar-refractivity contribution in [1.29, 1.82) is 5.26 Å². The van der Waals surface area contributed by atoms with E-state index >= 15 is 0 Å². The zero-order chi connectivity index (χ0) is 19.8. The van der Waals surface area contributed by atoms with E-state index in [1.54, 1.807) is 0 Å². The van der Waals surface area contributed by atoms with Crippen LogP contribution in [0.25, 0.3) is 11.3 Å². The molecule has 6 heteroatoms. The molecule has 0 spiro atoms. The van der Waals surface area contributed by atoms with Gasteiger partial charge in [-0.3, -0.25) is 9.59 Å². The predicted octanol–water partition coefficient (Wildman–Crippen LogP) is 3.77. The van der Waals surface area contributed by atoms with Crippen molar-refractivity contribution >= 4 is 11.9 Å². The van der Waals surface area contributed by atoms with Crippen LogP contribution in [-0.4, -0.2) is 24.0 Å². The lowest BCUT2D eigenvalue weighted by Gasteiger charge is -2.31. The number of nitrogens with one attached hydrogen (secondary N) is 1. The fourth-order valence-electron chi connectivity index (χ4n) is 3.44. The first-order valence-electron chi connectivity index (χ1n) is 9.62. The van der Waals surface area contributed by atoms with Gasteiger partial charge in [0, 0.05) is 12.0 Å². The van der Waals surface area contributed by atoms with Gasteiger partial charge in [-0.1, -0.05) is 49.6 Å². The largest absolute Gasteiger partial charge is 0.461 e. The molecule has 1 fully saturated rings. The van der Waals surface area contributed by atoms with Crippen LogP contribution in [0, 0.1) is 11.3 Å². The quantitative estimate of drug-likeness (QED) is 0.738. The first-order valence-corrected chi connectivity index (χ1v) is 9.62. The van der Waals surface area contributed by atoms with E-state index in [1.165, 1.54) is 0 Å². The summed E-state index contributed by atoms with van der Waals surface area (Å²) in [7, 11) is 0. The third-order valence-corrected chi connectivity index (χ3v) is 4.96. The number of amides is 1. The molecule has 1 heterocycles. The summed E-state index contributed by atoms with van der Waals surface area (Å²) in [6.45, 7) is -0.365. The Kier molecular flexibility index (Phi) is 6.49. The second-order valence-corrected chi connectivity index (χ2v) is 7.10. The second-order valence-electron chi connectivity index (χ2n) is 7.10. The fraction of sp³-hybridized carbons (Fsp3) is 0.409. The molecule has 0 saturated heterocycles. The number of carbonyl (C=O) groups excluding carboxylic acids is 2. The number of esters is 1. The number of hydrogen-bond acceptors (Lipinski definition) is 5. The van der Waals surface area contributed by atoms with Gasteiger partial charge in [0.2, 0.25) is 0 Å². The lowest BCUT2D eigenvalue weighted by Crippen LogP contribution is -2.50. The Bertz CT molecular complexity index is 845. The first kappa shape index (κ1) is 19.7. The maximum absolute atomic E-state index is 12.1. The number of aryl methyl sites for hydroxylation is 1. The Labute approximate surface area is 164 Å². The van der Waals surface area contributed by atoms with Crippen molar-refractivity contribution in [3.05, 3.63) is 48.2 Å². The van der Waals surface area contributed by atoms with E-state index in [2.05, 4.69) is 11.4 Å². The molecule has 1 aromatic carbocycles. The monoisotopic (exact) mass is 380 g/mol. The van der Waals surface area contributed by atoms with E-state index in [0.29, 0.717) is 25.0 Å². The van der Waals surface area contributed by atoms with Gasteiger partial charge < -0.3 is 14.5 Å². The fourth-order valence-corrected chi connectivity index (χ4v) is 3.44. The van der Waals surface area contributed by atoms with E-state index in [-0.39, 0.29) is 13.0 Å². The van der Waals surface area contributed by atoms with Crippen molar-refractivity contribution < 1.29 is 18.7 Å². The van der Waals surface area contributed by atoms with E-state index in [0.717, 1.165) is 30.6 Å². The lowest BCUT2D eigenvalue weighted by molar-refractivity contribution is -0.149. The van der Waals surface area contributed by atoms with Crippen molar-refractivity contribution in [3.8, 4) is 17.4 Å². The Morgan fingerprint density at radius 2 is 1.86 bits per heavy atom. The number of carbonyl (C=O) groups is 2. The zero-order valence-corrected chi connectivity index (χ0v) is 15.8. The summed E-state index contributed by atoms with van der Waals surface area (Å²) < 4.78 is 10.8. The van der Waals surface area contributed by atoms with Crippen LogP contribution in [0.3, 0.4) is 0 Å². The molecule has 1 amide bonds. The Balaban J connectivity index is 1.42. The molecule has 0 aliphatic heterocycles. The minimum Gasteiger partial charge on any atom is -0.461 e. The number of rotatable bonds is 7. The number of nitriles is 1. The molecule has 2 aromatic rings. The van der Waals surface area contributed by atoms with Gasteiger partial charge in [0.1, 0.15) is 17.1 Å². The highest BCUT2D eigenvalue weighted by Crippen LogP contribution is 2.27. The SMILES string of the molecule is N#CC1(NC(=O)COC(=O)CCc2ccc(-c3ccccc3)o2)CCCCC1. The summed E-state index contributed by atoms with van der Waals surface area (Å²) in [5.74, 6) is 0.534. The van der Waals surface area contributed by atoms with Gasteiger partial charge in [0.25, 0.3) is 5.91 Å². The highest BCUT2D eigenvalue weighted by molar-refractivity contribution is 5.81. The van der Waals surface area contributed by atoms with Crippen molar-refractivity contribution in [1.82, 2.24) is 5.32 Å². The molecule has 1 N–H and O–H groups in total. The van der Waals surface area contributed by atoms with Crippen LogP contribution in [-0.2, 0) is 20.7 Å². The summed E-state index contributed by atoms with van der Waals surface area (Å²) in [6.07, 6.45) is 4.72. The van der Waals surface area contributed by atoms with Gasteiger partial charge in [-0.2, -0.15) is 5.26 Å². The summed E-state index contributed by atoms with van der Waals surface area (Å²) in [4.78, 5) is 24.0. The van der Waals surface area contributed by atoms with Crippen molar-refractivity contribution in [2.75, 3.05) is 6.61 Å². The Morgan fingerprint density at radius 3 is 2.57 bits per heavy atom. The maximum Gasteiger partial charge on any atom is 0.306 e. The first-order chi connectivity index (χ1) is 13.6. The highest BCUT2D eigenvalue weighted by atomic mass is 16.5. The molecule has 0 radical (unpaired) electrons. The predicted molar refractivity (Wildman–Crippen MR) is 103 cm³/mol. The summed E-state index contributed by atoms with van der Waals surface area (Å²) >= 11 is 0. The van der Waals surface area contributed by atoms with E-state index in [9.17, 15) is 14.9 Å². The van der Waals surface area contributed by atoms with Crippen LogP contribution in [0.5, 0.6) is 0 Å². The number of benzene rings is 1. The number of hydrogen-bond donors (Lipinski definition) is 1. The standard InChI is InChI=1S/C22H24N2O4/c23-16-22(13-5-2-6-14-22)24-20(25)15-27-21(26)12-10-18-9-11-19(28-18)17-7-3-1-4-8-17/h1,3-4,7-9,11H,2,5-6,10,12-15H2,(H,24,25). The minimum atomic E-state index is -0.816. The van der Waals surface area contributed by atoms with Crippen molar-refractivity contribution in [3.63, 3.8) is 0 Å². The van der Waals surface area contributed by atoms with Crippen LogP contribution in [0.1, 0.15) is 44.3 Å². The Morgan fingerprint density at radius 1 is 1.11 bits per heavy atom. The maximum atomic E-state index is 12.1. The molecule has 0 bridgehead atoms. The molecule has 146 valence electrons. The van der Waals surface area contributed by atoms with Crippen LogP contribution in [0.15, 0.2) is 46.9 Å². The van der Waals surface area contributed by atoms with Crippen LogP contribution >= 0.6 is 0 Å². The second kappa shape index (κ2) is 9.23. The molecule has 28 heavy (non-hydrogen) atoms. The van der Waals surface area contributed by atoms with Gasteiger partial charge in [-0.25, -0.2) is 0 Å². The third kappa shape index (κ3) is 5.23. The number of furan rings is 1. The van der Waals surface area contributed by atoms with Crippen LogP contribution in [0.4, 0.5) is 0 Å². The van der Waals surface area contributed by atoms with Crippen molar-refractivity contribution in [2.45, 2.75) is 50.5 Å².